The molecule has 92 valence electrons. The lowest BCUT2D eigenvalue weighted by molar-refractivity contribution is 1.57. The molecule has 0 atom stereocenters. The van der Waals surface area contributed by atoms with Crippen LogP contribution < -0.4 is 16.4 Å². The van der Waals surface area contributed by atoms with Crippen LogP contribution in [0, 0.1) is 0 Å². The van der Waals surface area contributed by atoms with Gasteiger partial charge in [0.1, 0.15) is 23.5 Å². The fraction of sp³-hybridized carbons (Fsp3) is 0. The summed E-state index contributed by atoms with van der Waals surface area (Å²) < 4.78 is 0.784. The van der Waals surface area contributed by atoms with E-state index in [0.29, 0.717) is 16.4 Å². The Hall–Kier alpha value is -1.61. The molecule has 1 aromatic heterocycles. The fourth-order valence-corrected chi connectivity index (χ4v) is 3.53. The molecule has 5 heteroatoms. The summed E-state index contributed by atoms with van der Waals surface area (Å²) in [6, 6.07) is 12.4. The Balaban J connectivity index is 2.39. The average molecular weight is 326 g/mol. The molecule has 0 fully saturated rings. The highest BCUT2D eigenvalue weighted by molar-refractivity contribution is 9.10. The maximum absolute atomic E-state index is 6.14. The van der Waals surface area contributed by atoms with Gasteiger partial charge in [0.05, 0.1) is 0 Å². The first-order valence-corrected chi connectivity index (χ1v) is 7.34. The molecular formula is C16H7B3BrN. The van der Waals surface area contributed by atoms with Crippen LogP contribution in [0.25, 0.3) is 32.6 Å². The third kappa shape index (κ3) is 1.67. The molecular weight excluding hydrogens is 319 g/mol. The minimum Gasteiger partial charge on any atom is -0.355 e. The first kappa shape index (κ1) is 13.1. The summed E-state index contributed by atoms with van der Waals surface area (Å²) in [5.74, 6) is 0. The predicted octanol–water partition coefficient (Wildman–Crippen LogP) is 1.62. The zero-order valence-corrected chi connectivity index (χ0v) is 12.7. The van der Waals surface area contributed by atoms with E-state index in [1.54, 1.807) is 0 Å². The second kappa shape index (κ2) is 4.44. The second-order valence-electron chi connectivity index (χ2n) is 5.14. The highest BCUT2D eigenvalue weighted by Gasteiger charge is 2.15. The van der Waals surface area contributed by atoms with Gasteiger partial charge < -0.3 is 4.98 Å². The van der Waals surface area contributed by atoms with Crippen LogP contribution in [0.2, 0.25) is 0 Å². The van der Waals surface area contributed by atoms with Crippen molar-refractivity contribution in [1.82, 2.24) is 4.98 Å². The van der Waals surface area contributed by atoms with Crippen molar-refractivity contribution < 1.29 is 0 Å². The molecule has 0 aliphatic rings. The standard InChI is InChI=1S/C16H7B3BrN/c17-12-13(18)15(20)11-10-8-4-2-1-3-7(8)5-6-9(10)21-16(11)14(12)19/h1-6,21H. The number of fused-ring (bicyclic) bond motifs is 5. The van der Waals surface area contributed by atoms with Gasteiger partial charge in [0, 0.05) is 26.3 Å². The third-order valence-electron chi connectivity index (χ3n) is 3.99. The van der Waals surface area contributed by atoms with Crippen LogP contribution in [0.5, 0.6) is 0 Å². The van der Waals surface area contributed by atoms with Crippen molar-refractivity contribution in [2.75, 3.05) is 0 Å². The smallest absolute Gasteiger partial charge is 0.115 e. The van der Waals surface area contributed by atoms with Crippen LogP contribution in [0.1, 0.15) is 0 Å². The van der Waals surface area contributed by atoms with Crippen LogP contribution in [0.3, 0.4) is 0 Å². The quantitative estimate of drug-likeness (QED) is 0.473. The molecule has 3 aromatic carbocycles. The average Bonchev–Trinajstić information content (AvgIpc) is 2.91. The Morgan fingerprint density at radius 1 is 0.810 bits per heavy atom. The topological polar surface area (TPSA) is 15.8 Å². The van der Waals surface area contributed by atoms with E-state index in [2.05, 4.69) is 45.2 Å². The van der Waals surface area contributed by atoms with E-state index in [-0.39, 0.29) is 0 Å². The Bertz CT molecular complexity index is 1040. The van der Waals surface area contributed by atoms with Gasteiger partial charge in [0.2, 0.25) is 0 Å². The second-order valence-corrected chi connectivity index (χ2v) is 5.93. The van der Waals surface area contributed by atoms with Crippen LogP contribution >= 0.6 is 15.9 Å². The Morgan fingerprint density at radius 2 is 1.57 bits per heavy atom. The SMILES string of the molecule is [B]c1c([B])c(Br)c2c([nH]c3ccc4ccccc4c32)c1[B]. The summed E-state index contributed by atoms with van der Waals surface area (Å²) in [5, 5.41) is 4.41. The van der Waals surface area contributed by atoms with Crippen molar-refractivity contribution in [2.24, 2.45) is 0 Å². The largest absolute Gasteiger partial charge is 0.355 e. The van der Waals surface area contributed by atoms with Crippen LogP contribution in [0.15, 0.2) is 40.9 Å². The summed E-state index contributed by atoms with van der Waals surface area (Å²) in [6.07, 6.45) is 0. The number of nitrogens with one attached hydrogen (secondary N) is 1. The molecule has 0 unspecified atom stereocenters. The van der Waals surface area contributed by atoms with E-state index >= 15 is 0 Å². The van der Waals surface area contributed by atoms with Crippen molar-refractivity contribution in [3.8, 4) is 0 Å². The molecule has 0 saturated heterocycles. The lowest BCUT2D eigenvalue weighted by Crippen LogP contribution is -2.40. The molecule has 21 heavy (non-hydrogen) atoms. The van der Waals surface area contributed by atoms with Gasteiger partial charge in [-0.25, -0.2) is 0 Å². The number of hydrogen-bond donors (Lipinski definition) is 1. The van der Waals surface area contributed by atoms with E-state index < -0.39 is 0 Å². The van der Waals surface area contributed by atoms with E-state index in [4.69, 9.17) is 23.5 Å². The molecule has 0 spiro atoms. The van der Waals surface area contributed by atoms with Crippen molar-refractivity contribution in [3.63, 3.8) is 0 Å². The van der Waals surface area contributed by atoms with Gasteiger partial charge in [-0.3, -0.25) is 0 Å². The van der Waals surface area contributed by atoms with Crippen LogP contribution in [-0.2, 0) is 0 Å². The molecule has 0 aliphatic heterocycles. The van der Waals surface area contributed by atoms with Gasteiger partial charge in [-0.15, -0.1) is 5.46 Å². The van der Waals surface area contributed by atoms with Gasteiger partial charge in [0.15, 0.2) is 0 Å². The summed E-state index contributed by atoms with van der Waals surface area (Å²) in [5.41, 5.74) is 3.21. The highest BCUT2D eigenvalue weighted by Crippen LogP contribution is 2.34. The summed E-state index contributed by atoms with van der Waals surface area (Å²) >= 11 is 3.57. The Morgan fingerprint density at radius 3 is 2.38 bits per heavy atom. The molecule has 1 heterocycles. The van der Waals surface area contributed by atoms with E-state index in [1.165, 1.54) is 5.39 Å². The van der Waals surface area contributed by atoms with Crippen molar-refractivity contribution in [2.45, 2.75) is 0 Å². The predicted molar refractivity (Wildman–Crippen MR) is 97.2 cm³/mol. The maximum Gasteiger partial charge on any atom is 0.115 e. The van der Waals surface area contributed by atoms with Gasteiger partial charge >= 0.3 is 0 Å². The summed E-state index contributed by atoms with van der Waals surface area (Å²) in [7, 11) is 18.2. The van der Waals surface area contributed by atoms with E-state index in [0.717, 1.165) is 31.7 Å². The van der Waals surface area contributed by atoms with Crippen molar-refractivity contribution in [3.05, 3.63) is 40.9 Å². The molecule has 0 aliphatic carbocycles. The number of rotatable bonds is 0. The maximum atomic E-state index is 6.14. The van der Waals surface area contributed by atoms with Gasteiger partial charge in [-0.2, -0.15) is 0 Å². The number of hydrogen-bond acceptors (Lipinski definition) is 0. The molecule has 0 saturated carbocycles. The number of benzene rings is 3. The van der Waals surface area contributed by atoms with Crippen LogP contribution in [0.4, 0.5) is 0 Å². The molecule has 4 rings (SSSR count). The fourth-order valence-electron chi connectivity index (χ4n) is 2.92. The molecule has 0 bridgehead atoms. The first-order chi connectivity index (χ1) is 10.1. The van der Waals surface area contributed by atoms with Crippen LogP contribution in [-0.4, -0.2) is 28.5 Å². The van der Waals surface area contributed by atoms with Gasteiger partial charge in [-0.05, 0) is 16.8 Å². The zero-order chi connectivity index (χ0) is 14.7. The number of aromatic amines is 1. The number of H-pyrrole nitrogens is 1. The molecule has 1 nitrogen and oxygen atoms in total. The highest BCUT2D eigenvalue weighted by atomic mass is 79.9. The molecule has 6 radical (unpaired) electrons. The Kier molecular flexibility index (Phi) is 2.77. The number of aromatic nitrogens is 1. The molecule has 4 aromatic rings. The minimum absolute atomic E-state index is 0.408. The van der Waals surface area contributed by atoms with E-state index in [1.807, 2.05) is 12.1 Å². The monoisotopic (exact) mass is 325 g/mol. The Labute approximate surface area is 134 Å². The summed E-state index contributed by atoms with van der Waals surface area (Å²) in [6.45, 7) is 0. The molecule has 0 amide bonds. The third-order valence-corrected chi connectivity index (χ3v) is 4.82. The minimum atomic E-state index is 0.408. The van der Waals surface area contributed by atoms with Crippen molar-refractivity contribution in [1.29, 1.82) is 0 Å². The summed E-state index contributed by atoms with van der Waals surface area (Å²) in [4.78, 5) is 3.36. The normalized spacial score (nSPS) is 11.7. The van der Waals surface area contributed by atoms with Gasteiger partial charge in [0.25, 0.3) is 0 Å². The molecule has 1 N–H and O–H groups in total. The van der Waals surface area contributed by atoms with Crippen molar-refractivity contribution >= 4 is 88.4 Å². The zero-order valence-electron chi connectivity index (χ0n) is 11.1. The van der Waals surface area contributed by atoms with E-state index in [9.17, 15) is 0 Å². The first-order valence-electron chi connectivity index (χ1n) is 6.54. The lowest BCUT2D eigenvalue weighted by atomic mass is 9.71. The lowest BCUT2D eigenvalue weighted by Gasteiger charge is -2.11. The number of halogens is 1. The van der Waals surface area contributed by atoms with Gasteiger partial charge in [-0.1, -0.05) is 57.2 Å².